The molecule has 1 aliphatic carbocycles. The highest BCUT2D eigenvalue weighted by atomic mass is 16.3. The van der Waals surface area contributed by atoms with E-state index >= 15 is 0 Å². The second kappa shape index (κ2) is 4.97. The lowest BCUT2D eigenvalue weighted by atomic mass is 10.1. The highest BCUT2D eigenvalue weighted by Crippen LogP contribution is 2.24. The van der Waals surface area contributed by atoms with E-state index in [9.17, 15) is 5.11 Å². The molecule has 0 aromatic carbocycles. The van der Waals surface area contributed by atoms with Gasteiger partial charge in [0, 0.05) is 12.1 Å². The summed E-state index contributed by atoms with van der Waals surface area (Å²) in [5, 5.41) is 9.72. The van der Waals surface area contributed by atoms with Crippen molar-refractivity contribution in [3.8, 4) is 0 Å². The van der Waals surface area contributed by atoms with Gasteiger partial charge in [0.25, 0.3) is 0 Å². The predicted octanol–water partition coefficient (Wildman–Crippen LogP) is 2.02. The second-order valence-electron chi connectivity index (χ2n) is 4.32. The smallest absolute Gasteiger partial charge is 0.0690 e. The van der Waals surface area contributed by atoms with E-state index in [4.69, 9.17) is 0 Å². The molecule has 2 atom stereocenters. The van der Waals surface area contributed by atoms with Crippen molar-refractivity contribution in [1.29, 1.82) is 0 Å². The third-order valence-electron chi connectivity index (χ3n) is 3.52. The van der Waals surface area contributed by atoms with Gasteiger partial charge >= 0.3 is 0 Å². The summed E-state index contributed by atoms with van der Waals surface area (Å²) in [6, 6.07) is 1.03. The topological polar surface area (TPSA) is 23.5 Å². The van der Waals surface area contributed by atoms with Crippen LogP contribution in [0.1, 0.15) is 46.0 Å². The summed E-state index contributed by atoms with van der Waals surface area (Å²) in [6.07, 6.45) is 6.06. The number of aliphatic hydroxyl groups is 1. The van der Waals surface area contributed by atoms with Crippen molar-refractivity contribution in [3.05, 3.63) is 0 Å². The summed E-state index contributed by atoms with van der Waals surface area (Å²) >= 11 is 0. The van der Waals surface area contributed by atoms with E-state index in [2.05, 4.69) is 18.9 Å². The molecule has 13 heavy (non-hydrogen) atoms. The highest BCUT2D eigenvalue weighted by Gasteiger charge is 2.26. The molecule has 0 radical (unpaired) electrons. The molecule has 1 fully saturated rings. The SMILES string of the molecule is CCC(O)C(C)N(C)C1CCCC1. The average Bonchev–Trinajstić information content (AvgIpc) is 2.67. The molecule has 0 saturated heterocycles. The van der Waals surface area contributed by atoms with E-state index < -0.39 is 0 Å². The van der Waals surface area contributed by atoms with Gasteiger partial charge in [0.15, 0.2) is 0 Å². The van der Waals surface area contributed by atoms with E-state index in [-0.39, 0.29) is 6.10 Å². The molecule has 2 unspecified atom stereocenters. The Morgan fingerprint density at radius 2 is 1.92 bits per heavy atom. The Labute approximate surface area is 81.9 Å². The molecule has 1 rings (SSSR count). The van der Waals surface area contributed by atoms with Gasteiger partial charge in [-0.1, -0.05) is 19.8 Å². The minimum Gasteiger partial charge on any atom is -0.392 e. The molecule has 0 amide bonds. The van der Waals surface area contributed by atoms with Crippen molar-refractivity contribution in [2.45, 2.75) is 64.1 Å². The monoisotopic (exact) mass is 185 g/mol. The summed E-state index contributed by atoms with van der Waals surface area (Å²) in [7, 11) is 2.15. The Bertz CT molecular complexity index is 143. The first-order chi connectivity index (χ1) is 6.16. The van der Waals surface area contributed by atoms with Crippen LogP contribution in [0.2, 0.25) is 0 Å². The number of likely N-dealkylation sites (N-methyl/N-ethyl adjacent to an activating group) is 1. The molecule has 0 bridgehead atoms. The Hall–Kier alpha value is -0.0800. The number of hydrogen-bond acceptors (Lipinski definition) is 2. The van der Waals surface area contributed by atoms with E-state index in [0.29, 0.717) is 6.04 Å². The molecule has 0 aliphatic heterocycles. The Kier molecular flexibility index (Phi) is 4.20. The first-order valence-electron chi connectivity index (χ1n) is 5.56. The van der Waals surface area contributed by atoms with Gasteiger partial charge in [-0.25, -0.2) is 0 Å². The number of hydrogen-bond donors (Lipinski definition) is 1. The molecule has 1 saturated carbocycles. The maximum atomic E-state index is 9.72. The van der Waals surface area contributed by atoms with Crippen molar-refractivity contribution in [2.75, 3.05) is 7.05 Å². The molecular weight excluding hydrogens is 162 g/mol. The van der Waals surface area contributed by atoms with Crippen LogP contribution in [-0.4, -0.2) is 35.2 Å². The molecular formula is C11H23NO. The lowest BCUT2D eigenvalue weighted by Crippen LogP contribution is -2.43. The Balaban J connectivity index is 2.40. The molecule has 2 nitrogen and oxygen atoms in total. The molecule has 1 aliphatic rings. The summed E-state index contributed by atoms with van der Waals surface area (Å²) in [4.78, 5) is 2.36. The van der Waals surface area contributed by atoms with Gasteiger partial charge in [0.05, 0.1) is 6.10 Å². The molecule has 0 spiro atoms. The number of rotatable bonds is 4. The predicted molar refractivity (Wildman–Crippen MR) is 55.8 cm³/mol. The normalized spacial score (nSPS) is 23.8. The van der Waals surface area contributed by atoms with Crippen molar-refractivity contribution < 1.29 is 5.11 Å². The standard InChI is InChI=1S/C11H23NO/c1-4-11(13)9(2)12(3)10-7-5-6-8-10/h9-11,13H,4-8H2,1-3H3. The van der Waals surface area contributed by atoms with Crippen molar-refractivity contribution >= 4 is 0 Å². The molecule has 0 aromatic heterocycles. The van der Waals surface area contributed by atoms with Gasteiger partial charge in [-0.05, 0) is 33.2 Å². The average molecular weight is 185 g/mol. The fourth-order valence-corrected chi connectivity index (χ4v) is 2.26. The fourth-order valence-electron chi connectivity index (χ4n) is 2.26. The van der Waals surface area contributed by atoms with Crippen LogP contribution in [0.25, 0.3) is 0 Å². The first kappa shape index (κ1) is 11.0. The van der Waals surface area contributed by atoms with Gasteiger partial charge in [0.1, 0.15) is 0 Å². The summed E-state index contributed by atoms with van der Waals surface area (Å²) in [5.41, 5.74) is 0. The minimum absolute atomic E-state index is 0.161. The lowest BCUT2D eigenvalue weighted by Gasteiger charge is -2.33. The highest BCUT2D eigenvalue weighted by molar-refractivity contribution is 4.81. The molecule has 78 valence electrons. The van der Waals surface area contributed by atoms with Gasteiger partial charge in [-0.3, -0.25) is 4.90 Å². The maximum Gasteiger partial charge on any atom is 0.0690 e. The van der Waals surface area contributed by atoms with Crippen LogP contribution in [-0.2, 0) is 0 Å². The summed E-state index contributed by atoms with van der Waals surface area (Å²) < 4.78 is 0. The number of nitrogens with zero attached hydrogens (tertiary/aromatic N) is 1. The van der Waals surface area contributed by atoms with Crippen LogP contribution in [0, 0.1) is 0 Å². The maximum absolute atomic E-state index is 9.72. The molecule has 0 heterocycles. The van der Waals surface area contributed by atoms with Crippen molar-refractivity contribution in [2.24, 2.45) is 0 Å². The van der Waals surface area contributed by atoms with E-state index in [1.165, 1.54) is 25.7 Å². The van der Waals surface area contributed by atoms with Crippen LogP contribution in [0.5, 0.6) is 0 Å². The third-order valence-corrected chi connectivity index (χ3v) is 3.52. The Morgan fingerprint density at radius 3 is 2.38 bits per heavy atom. The molecule has 1 N–H and O–H groups in total. The van der Waals surface area contributed by atoms with Crippen LogP contribution >= 0.6 is 0 Å². The third kappa shape index (κ3) is 2.68. The minimum atomic E-state index is -0.161. The van der Waals surface area contributed by atoms with Crippen LogP contribution < -0.4 is 0 Å². The first-order valence-corrected chi connectivity index (χ1v) is 5.56. The fraction of sp³-hybridized carbons (Fsp3) is 1.00. The zero-order chi connectivity index (χ0) is 9.84. The van der Waals surface area contributed by atoms with Gasteiger partial charge in [-0.2, -0.15) is 0 Å². The van der Waals surface area contributed by atoms with E-state index in [1.54, 1.807) is 0 Å². The van der Waals surface area contributed by atoms with Crippen molar-refractivity contribution in [1.82, 2.24) is 4.90 Å². The largest absolute Gasteiger partial charge is 0.392 e. The zero-order valence-corrected chi connectivity index (χ0v) is 9.16. The molecule has 2 heteroatoms. The zero-order valence-electron chi connectivity index (χ0n) is 9.16. The van der Waals surface area contributed by atoms with E-state index in [0.717, 1.165) is 12.5 Å². The quantitative estimate of drug-likeness (QED) is 0.724. The van der Waals surface area contributed by atoms with Gasteiger partial charge in [-0.15, -0.1) is 0 Å². The lowest BCUT2D eigenvalue weighted by molar-refractivity contribution is 0.0489. The van der Waals surface area contributed by atoms with Gasteiger partial charge < -0.3 is 5.11 Å². The van der Waals surface area contributed by atoms with E-state index in [1.807, 2.05) is 6.92 Å². The number of aliphatic hydroxyl groups excluding tert-OH is 1. The summed E-state index contributed by atoms with van der Waals surface area (Å²) in [6.45, 7) is 4.18. The Morgan fingerprint density at radius 1 is 1.38 bits per heavy atom. The second-order valence-corrected chi connectivity index (χ2v) is 4.32. The molecule has 0 aromatic rings. The summed E-state index contributed by atoms with van der Waals surface area (Å²) in [5.74, 6) is 0. The van der Waals surface area contributed by atoms with Crippen LogP contribution in [0.15, 0.2) is 0 Å². The van der Waals surface area contributed by atoms with Crippen molar-refractivity contribution in [3.63, 3.8) is 0 Å². The van der Waals surface area contributed by atoms with Crippen LogP contribution in [0.3, 0.4) is 0 Å². The van der Waals surface area contributed by atoms with Crippen LogP contribution in [0.4, 0.5) is 0 Å². The van der Waals surface area contributed by atoms with Gasteiger partial charge in [0.2, 0.25) is 0 Å².